The number of nitrogens with zero attached hydrogens (tertiary/aromatic N) is 1. The van der Waals surface area contributed by atoms with Crippen LogP contribution in [0.3, 0.4) is 0 Å². The second-order valence-electron chi connectivity index (χ2n) is 6.20. The van der Waals surface area contributed by atoms with Crippen molar-refractivity contribution in [3.8, 4) is 0 Å². The van der Waals surface area contributed by atoms with Gasteiger partial charge in [-0.05, 0) is 23.3 Å². The second kappa shape index (κ2) is 7.51. The molecule has 5 nitrogen and oxygen atoms in total. The smallest absolute Gasteiger partial charge is 0.410 e. The molecular formula is C19H17F2NO4. The van der Waals surface area contributed by atoms with Crippen LogP contribution >= 0.6 is 0 Å². The van der Waals surface area contributed by atoms with E-state index in [-0.39, 0.29) is 25.3 Å². The van der Waals surface area contributed by atoms with Crippen LogP contribution in [0.4, 0.5) is 13.6 Å². The summed E-state index contributed by atoms with van der Waals surface area (Å²) in [6.45, 7) is 0.00636. The number of ether oxygens (including phenoxy) is 1. The van der Waals surface area contributed by atoms with Gasteiger partial charge in [0.2, 0.25) is 0 Å². The van der Waals surface area contributed by atoms with E-state index in [2.05, 4.69) is 0 Å². The van der Waals surface area contributed by atoms with E-state index in [9.17, 15) is 23.5 Å². The Morgan fingerprint density at radius 1 is 1.08 bits per heavy atom. The van der Waals surface area contributed by atoms with Crippen LogP contribution in [0.1, 0.15) is 17.0 Å². The Labute approximate surface area is 148 Å². The Morgan fingerprint density at radius 3 is 2.35 bits per heavy atom. The highest BCUT2D eigenvalue weighted by Crippen LogP contribution is 2.34. The number of likely N-dealkylation sites (tertiary alicyclic amines) is 1. The summed E-state index contributed by atoms with van der Waals surface area (Å²) in [4.78, 5) is 25.1. The number of aliphatic carboxylic acids is 1. The monoisotopic (exact) mass is 361 g/mol. The lowest BCUT2D eigenvalue weighted by Gasteiger charge is -2.16. The Bertz CT molecular complexity index is 792. The highest BCUT2D eigenvalue weighted by molar-refractivity contribution is 5.75. The van der Waals surface area contributed by atoms with Gasteiger partial charge >= 0.3 is 12.1 Å². The molecule has 3 rings (SSSR count). The summed E-state index contributed by atoms with van der Waals surface area (Å²) in [6, 6.07) is 12.0. The minimum Gasteiger partial charge on any atom is -0.481 e. The summed E-state index contributed by atoms with van der Waals surface area (Å²) in [5, 5.41) is 9.42. The largest absolute Gasteiger partial charge is 0.481 e. The van der Waals surface area contributed by atoms with E-state index in [1.54, 1.807) is 12.1 Å². The van der Waals surface area contributed by atoms with Gasteiger partial charge in [0.25, 0.3) is 0 Å². The van der Waals surface area contributed by atoms with Crippen molar-refractivity contribution in [3.05, 3.63) is 71.3 Å². The zero-order valence-electron chi connectivity index (χ0n) is 13.8. The Balaban J connectivity index is 1.72. The molecule has 2 aromatic carbocycles. The molecule has 7 heteroatoms. The third kappa shape index (κ3) is 3.99. The van der Waals surface area contributed by atoms with Gasteiger partial charge in [-0.25, -0.2) is 13.6 Å². The fourth-order valence-corrected chi connectivity index (χ4v) is 3.14. The average Bonchev–Trinajstić information content (AvgIpc) is 3.05. The van der Waals surface area contributed by atoms with Crippen molar-refractivity contribution < 1.29 is 28.2 Å². The summed E-state index contributed by atoms with van der Waals surface area (Å²) in [5.41, 5.74) is 1.02. The molecule has 1 fully saturated rings. The van der Waals surface area contributed by atoms with Gasteiger partial charge in [0, 0.05) is 25.1 Å². The van der Waals surface area contributed by atoms with Gasteiger partial charge in [-0.3, -0.25) is 4.79 Å². The van der Waals surface area contributed by atoms with Crippen molar-refractivity contribution in [1.29, 1.82) is 0 Å². The standard InChI is InChI=1S/C19H17F2NO4/c20-14-6-13(7-15(21)8-14)16-9-22(10-17(16)18(23)24)19(25)26-11-12-4-2-1-3-5-12/h1-8,16-17H,9-11H2,(H,23,24). The summed E-state index contributed by atoms with van der Waals surface area (Å²) in [5.74, 6) is -4.36. The fourth-order valence-electron chi connectivity index (χ4n) is 3.14. The summed E-state index contributed by atoms with van der Waals surface area (Å²) in [6.07, 6.45) is -0.653. The molecule has 0 radical (unpaired) electrons. The van der Waals surface area contributed by atoms with Gasteiger partial charge in [-0.1, -0.05) is 30.3 Å². The van der Waals surface area contributed by atoms with Gasteiger partial charge in [-0.15, -0.1) is 0 Å². The van der Waals surface area contributed by atoms with Crippen LogP contribution in [0.2, 0.25) is 0 Å². The molecule has 0 saturated carbocycles. The SMILES string of the molecule is O=C(O)C1CN(C(=O)OCc2ccccc2)CC1c1cc(F)cc(F)c1. The molecule has 136 valence electrons. The van der Waals surface area contributed by atoms with Gasteiger partial charge < -0.3 is 14.7 Å². The van der Waals surface area contributed by atoms with Gasteiger partial charge in [0.15, 0.2) is 0 Å². The molecule has 0 bridgehead atoms. The van der Waals surface area contributed by atoms with Crippen molar-refractivity contribution in [1.82, 2.24) is 4.90 Å². The molecule has 1 aliphatic heterocycles. The highest BCUT2D eigenvalue weighted by atomic mass is 19.1. The van der Waals surface area contributed by atoms with Gasteiger partial charge in [0.1, 0.15) is 18.2 Å². The molecule has 2 unspecified atom stereocenters. The number of carboxylic acid groups (broad SMARTS) is 1. The minimum absolute atomic E-state index is 0.0213. The number of benzene rings is 2. The predicted octanol–water partition coefficient (Wildman–Crippen LogP) is 3.40. The number of amides is 1. The van der Waals surface area contributed by atoms with Crippen LogP contribution in [-0.2, 0) is 16.1 Å². The number of carboxylic acids is 1. The lowest BCUT2D eigenvalue weighted by atomic mass is 9.89. The third-order valence-corrected chi connectivity index (χ3v) is 4.41. The van der Waals surface area contributed by atoms with E-state index in [4.69, 9.17) is 4.74 Å². The lowest BCUT2D eigenvalue weighted by Crippen LogP contribution is -2.30. The zero-order chi connectivity index (χ0) is 18.7. The van der Waals surface area contributed by atoms with E-state index in [1.807, 2.05) is 18.2 Å². The molecule has 0 aromatic heterocycles. The maximum atomic E-state index is 13.5. The van der Waals surface area contributed by atoms with Crippen molar-refractivity contribution in [2.45, 2.75) is 12.5 Å². The molecule has 0 spiro atoms. The third-order valence-electron chi connectivity index (χ3n) is 4.41. The molecule has 1 amide bonds. The van der Waals surface area contributed by atoms with Gasteiger partial charge in [0.05, 0.1) is 5.92 Å². The summed E-state index contributed by atoms with van der Waals surface area (Å²) in [7, 11) is 0. The van der Waals surface area contributed by atoms with Crippen LogP contribution in [-0.4, -0.2) is 35.2 Å². The number of carbonyl (C=O) groups excluding carboxylic acids is 1. The topological polar surface area (TPSA) is 66.8 Å². The van der Waals surface area contributed by atoms with Crippen LogP contribution in [0.25, 0.3) is 0 Å². The second-order valence-corrected chi connectivity index (χ2v) is 6.20. The maximum Gasteiger partial charge on any atom is 0.410 e. The number of halogens is 2. The quantitative estimate of drug-likeness (QED) is 0.906. The first-order valence-corrected chi connectivity index (χ1v) is 8.08. The van der Waals surface area contributed by atoms with Crippen LogP contribution in [0, 0.1) is 17.6 Å². The first-order valence-electron chi connectivity index (χ1n) is 8.08. The number of rotatable bonds is 4. The fraction of sp³-hybridized carbons (Fsp3) is 0.263. The number of carbonyl (C=O) groups is 2. The minimum atomic E-state index is -1.13. The predicted molar refractivity (Wildman–Crippen MR) is 88.4 cm³/mol. The summed E-state index contributed by atoms with van der Waals surface area (Å²) < 4.78 is 32.2. The molecule has 1 heterocycles. The van der Waals surface area contributed by atoms with E-state index in [0.29, 0.717) is 0 Å². The molecule has 26 heavy (non-hydrogen) atoms. The first kappa shape index (κ1) is 17.8. The summed E-state index contributed by atoms with van der Waals surface area (Å²) >= 11 is 0. The van der Waals surface area contributed by atoms with Crippen molar-refractivity contribution in [2.75, 3.05) is 13.1 Å². The van der Waals surface area contributed by atoms with Crippen molar-refractivity contribution in [3.63, 3.8) is 0 Å². The number of hydrogen-bond acceptors (Lipinski definition) is 3. The van der Waals surface area contributed by atoms with E-state index < -0.39 is 35.5 Å². The molecule has 2 aromatic rings. The van der Waals surface area contributed by atoms with Crippen LogP contribution in [0.15, 0.2) is 48.5 Å². The molecule has 2 atom stereocenters. The molecule has 1 N–H and O–H groups in total. The van der Waals surface area contributed by atoms with Crippen molar-refractivity contribution >= 4 is 12.1 Å². The average molecular weight is 361 g/mol. The Kier molecular flexibility index (Phi) is 5.16. The first-order chi connectivity index (χ1) is 12.4. The Morgan fingerprint density at radius 2 is 1.73 bits per heavy atom. The maximum absolute atomic E-state index is 13.5. The van der Waals surface area contributed by atoms with Crippen LogP contribution < -0.4 is 0 Å². The number of hydrogen-bond donors (Lipinski definition) is 1. The van der Waals surface area contributed by atoms with E-state index in [1.165, 1.54) is 4.90 Å². The molecule has 1 saturated heterocycles. The Hall–Kier alpha value is -2.96. The normalized spacial score (nSPS) is 19.4. The highest BCUT2D eigenvalue weighted by Gasteiger charge is 2.41. The van der Waals surface area contributed by atoms with Crippen LogP contribution in [0.5, 0.6) is 0 Å². The zero-order valence-corrected chi connectivity index (χ0v) is 13.8. The molecule has 1 aliphatic rings. The lowest BCUT2D eigenvalue weighted by molar-refractivity contribution is -0.141. The van der Waals surface area contributed by atoms with Gasteiger partial charge in [-0.2, -0.15) is 0 Å². The van der Waals surface area contributed by atoms with E-state index >= 15 is 0 Å². The molecular weight excluding hydrogens is 344 g/mol. The van der Waals surface area contributed by atoms with E-state index in [0.717, 1.165) is 23.8 Å². The van der Waals surface area contributed by atoms with Crippen molar-refractivity contribution in [2.24, 2.45) is 5.92 Å². The molecule has 0 aliphatic carbocycles.